The first-order valence-corrected chi connectivity index (χ1v) is 15.1. The Labute approximate surface area is 228 Å². The first kappa shape index (κ1) is 26.9. The van der Waals surface area contributed by atoms with Gasteiger partial charge >= 0.3 is 0 Å². The third kappa shape index (κ3) is 6.14. The Balaban J connectivity index is 1.29. The summed E-state index contributed by atoms with van der Waals surface area (Å²) in [7, 11) is -3.74. The van der Waals surface area contributed by atoms with E-state index in [2.05, 4.69) is 28.4 Å². The fourth-order valence-electron chi connectivity index (χ4n) is 5.38. The van der Waals surface area contributed by atoms with Gasteiger partial charge in [-0.1, -0.05) is 23.2 Å². The molecular formula is C27H32Cl2FN3O3S. The zero-order valence-electron chi connectivity index (χ0n) is 21.0. The van der Waals surface area contributed by atoms with Crippen LogP contribution in [-0.2, 0) is 16.6 Å². The number of benzene rings is 2. The van der Waals surface area contributed by atoms with Crippen LogP contribution in [0.25, 0.3) is 0 Å². The second-order valence-electron chi connectivity index (χ2n) is 10.7. The summed E-state index contributed by atoms with van der Waals surface area (Å²) >= 11 is 12.4. The molecule has 0 radical (unpaired) electrons. The van der Waals surface area contributed by atoms with E-state index in [0.29, 0.717) is 29.4 Å². The van der Waals surface area contributed by atoms with Gasteiger partial charge in [0.05, 0.1) is 10.8 Å². The van der Waals surface area contributed by atoms with Crippen LogP contribution in [0.1, 0.15) is 78.5 Å². The maximum absolute atomic E-state index is 15.1. The minimum atomic E-state index is -3.74. The molecule has 2 aromatic carbocycles. The van der Waals surface area contributed by atoms with E-state index in [1.54, 1.807) is 12.1 Å². The summed E-state index contributed by atoms with van der Waals surface area (Å²) in [5, 5.41) is 0.705. The van der Waals surface area contributed by atoms with E-state index in [1.807, 2.05) is 12.1 Å². The van der Waals surface area contributed by atoms with Crippen LogP contribution in [-0.4, -0.2) is 55.1 Å². The van der Waals surface area contributed by atoms with Crippen molar-refractivity contribution in [3.63, 3.8) is 0 Å². The van der Waals surface area contributed by atoms with Crippen LogP contribution >= 0.6 is 23.2 Å². The van der Waals surface area contributed by atoms with Crippen LogP contribution in [0.5, 0.6) is 0 Å². The molecule has 0 aromatic heterocycles. The number of carbonyl (C=O) groups excluding carboxylic acids is 1. The Morgan fingerprint density at radius 2 is 1.76 bits per heavy atom. The largest absolute Gasteiger partial charge is 0.296 e. The first-order chi connectivity index (χ1) is 17.5. The van der Waals surface area contributed by atoms with E-state index in [1.165, 1.54) is 6.07 Å². The summed E-state index contributed by atoms with van der Waals surface area (Å²) in [5.41, 5.74) is 2.71. The third-order valence-electron chi connectivity index (χ3n) is 7.71. The molecule has 2 aromatic rings. The van der Waals surface area contributed by atoms with Crippen LogP contribution in [0.3, 0.4) is 0 Å². The zero-order chi connectivity index (χ0) is 26.5. The van der Waals surface area contributed by atoms with Crippen molar-refractivity contribution in [2.24, 2.45) is 0 Å². The third-order valence-corrected chi connectivity index (χ3v) is 9.97. The Bertz CT molecular complexity index is 1290. The monoisotopic (exact) mass is 567 g/mol. The van der Waals surface area contributed by atoms with Crippen molar-refractivity contribution in [2.45, 2.75) is 69.3 Å². The highest BCUT2D eigenvalue weighted by Gasteiger charge is 2.38. The molecule has 200 valence electrons. The molecule has 0 unspecified atom stereocenters. The molecule has 5 rings (SSSR count). The highest BCUT2D eigenvalue weighted by molar-refractivity contribution is 7.91. The van der Waals surface area contributed by atoms with Crippen molar-refractivity contribution in [3.05, 3.63) is 68.4 Å². The number of carbonyl (C=O) groups is 1. The summed E-state index contributed by atoms with van der Waals surface area (Å²) in [6.45, 7) is 7.39. The Morgan fingerprint density at radius 3 is 2.35 bits per heavy atom. The van der Waals surface area contributed by atoms with Crippen molar-refractivity contribution in [1.29, 1.82) is 0 Å². The van der Waals surface area contributed by atoms with E-state index in [-0.39, 0.29) is 23.6 Å². The summed E-state index contributed by atoms with van der Waals surface area (Å²) < 4.78 is 41.6. The van der Waals surface area contributed by atoms with Gasteiger partial charge in [-0.05, 0) is 92.5 Å². The number of nitrogens with one attached hydrogen (secondary N) is 1. The molecule has 1 aliphatic heterocycles. The van der Waals surface area contributed by atoms with Crippen LogP contribution in [0, 0.1) is 5.82 Å². The molecule has 6 nitrogen and oxygen atoms in total. The van der Waals surface area contributed by atoms with Crippen molar-refractivity contribution < 1.29 is 17.6 Å². The van der Waals surface area contributed by atoms with Gasteiger partial charge in [0.2, 0.25) is 10.0 Å². The lowest BCUT2D eigenvalue weighted by Crippen LogP contribution is -2.52. The Kier molecular flexibility index (Phi) is 7.59. The fourth-order valence-corrected chi connectivity index (χ4v) is 7.21. The van der Waals surface area contributed by atoms with Gasteiger partial charge in [-0.3, -0.25) is 14.6 Å². The summed E-state index contributed by atoms with van der Waals surface area (Å²) in [4.78, 5) is 17.4. The van der Waals surface area contributed by atoms with E-state index in [4.69, 9.17) is 23.2 Å². The summed E-state index contributed by atoms with van der Waals surface area (Å²) in [6, 6.07) is 9.05. The summed E-state index contributed by atoms with van der Waals surface area (Å²) in [5.74, 6) is -1.27. The van der Waals surface area contributed by atoms with Crippen molar-refractivity contribution in [1.82, 2.24) is 14.5 Å². The van der Waals surface area contributed by atoms with Crippen molar-refractivity contribution in [3.8, 4) is 0 Å². The SMILES string of the molecule is C[C@@H]1CN(Cc2cc(F)c(C(=O)NS(=O)(=O)C3CC3)cc2C2CC2)CCN1[C@H](C)c1cc(Cl)cc(Cl)c1. The topological polar surface area (TPSA) is 69.7 Å². The Hall–Kier alpha value is -1.71. The molecule has 37 heavy (non-hydrogen) atoms. The molecule has 1 amide bonds. The van der Waals surface area contributed by atoms with Gasteiger partial charge in [0.1, 0.15) is 5.82 Å². The molecular weight excluding hydrogens is 536 g/mol. The van der Waals surface area contributed by atoms with Gasteiger partial charge in [0.25, 0.3) is 5.91 Å². The van der Waals surface area contributed by atoms with E-state index in [0.717, 1.165) is 49.2 Å². The molecule has 1 saturated heterocycles. The maximum atomic E-state index is 15.1. The average molecular weight is 569 g/mol. The molecule has 2 aliphatic carbocycles. The molecule has 3 aliphatic rings. The number of piperazine rings is 1. The van der Waals surface area contributed by atoms with E-state index in [9.17, 15) is 13.2 Å². The van der Waals surface area contributed by atoms with Crippen LogP contribution in [0.2, 0.25) is 10.0 Å². The number of hydrogen-bond donors (Lipinski definition) is 1. The second kappa shape index (κ2) is 10.5. The lowest BCUT2D eigenvalue weighted by molar-refractivity contribution is 0.0503. The maximum Gasteiger partial charge on any atom is 0.267 e. The van der Waals surface area contributed by atoms with Gasteiger partial charge in [0.15, 0.2) is 0 Å². The smallest absolute Gasteiger partial charge is 0.267 e. The summed E-state index contributed by atoms with van der Waals surface area (Å²) in [6.07, 6.45) is 3.05. The molecule has 1 heterocycles. The lowest BCUT2D eigenvalue weighted by Gasteiger charge is -2.43. The number of amides is 1. The average Bonchev–Trinajstić information content (AvgIpc) is 3.71. The predicted octanol–water partition coefficient (Wildman–Crippen LogP) is 5.50. The second-order valence-corrected chi connectivity index (χ2v) is 13.5. The normalized spacial score (nSPS) is 22.1. The van der Waals surface area contributed by atoms with Crippen LogP contribution in [0.15, 0.2) is 30.3 Å². The van der Waals surface area contributed by atoms with Crippen LogP contribution < -0.4 is 4.72 Å². The standard InChI is InChI=1S/C27H32Cl2FN3O3S/c1-16-14-32(7-8-33(16)17(2)19-9-21(28)12-22(29)10-19)15-20-11-26(30)25(13-24(20)18-3-4-18)27(34)31-37(35,36)23-5-6-23/h9-13,16-18,23H,3-8,14-15H2,1-2H3,(H,31,34)/t16-,17-/m1/s1. The highest BCUT2D eigenvalue weighted by Crippen LogP contribution is 2.43. The van der Waals surface area contributed by atoms with Gasteiger partial charge in [-0.25, -0.2) is 17.5 Å². The Morgan fingerprint density at radius 1 is 1.08 bits per heavy atom. The minimum Gasteiger partial charge on any atom is -0.296 e. The molecule has 2 saturated carbocycles. The van der Waals surface area contributed by atoms with Gasteiger partial charge in [-0.15, -0.1) is 0 Å². The van der Waals surface area contributed by atoms with E-state index < -0.39 is 27.0 Å². The fraction of sp³-hybridized carbons (Fsp3) is 0.519. The zero-order valence-corrected chi connectivity index (χ0v) is 23.3. The van der Waals surface area contributed by atoms with Gasteiger partial charge in [0, 0.05) is 48.3 Å². The van der Waals surface area contributed by atoms with Crippen molar-refractivity contribution >= 4 is 39.1 Å². The van der Waals surface area contributed by atoms with Gasteiger partial charge in [-0.2, -0.15) is 0 Å². The van der Waals surface area contributed by atoms with E-state index >= 15 is 4.39 Å². The number of halogens is 3. The van der Waals surface area contributed by atoms with Crippen molar-refractivity contribution in [2.75, 3.05) is 19.6 Å². The number of rotatable bonds is 8. The molecule has 10 heteroatoms. The predicted molar refractivity (Wildman–Crippen MR) is 144 cm³/mol. The lowest BCUT2D eigenvalue weighted by atomic mass is 9.97. The van der Waals surface area contributed by atoms with Gasteiger partial charge < -0.3 is 0 Å². The minimum absolute atomic E-state index is 0.150. The number of nitrogens with zero attached hydrogens (tertiary/aromatic N) is 2. The molecule has 1 N–H and O–H groups in total. The van der Waals surface area contributed by atoms with Crippen LogP contribution in [0.4, 0.5) is 4.39 Å². The molecule has 0 spiro atoms. The molecule has 0 bridgehead atoms. The first-order valence-electron chi connectivity index (χ1n) is 12.8. The molecule has 3 fully saturated rings. The highest BCUT2D eigenvalue weighted by atomic mass is 35.5. The number of sulfonamides is 1. The molecule has 2 atom stereocenters. The number of hydrogen-bond acceptors (Lipinski definition) is 5. The quantitative estimate of drug-likeness (QED) is 0.456.